The molecule has 0 aromatic heterocycles. The van der Waals surface area contributed by atoms with Crippen molar-refractivity contribution in [1.82, 2.24) is 0 Å². The van der Waals surface area contributed by atoms with E-state index >= 15 is 0 Å². The van der Waals surface area contributed by atoms with Crippen molar-refractivity contribution in [1.29, 1.82) is 0 Å². The number of benzene rings is 2. The largest absolute Gasteiger partial charge is 0.387 e. The van der Waals surface area contributed by atoms with Gasteiger partial charge in [-0.1, -0.05) is 36.4 Å². The Morgan fingerprint density at radius 1 is 1.12 bits per heavy atom. The first kappa shape index (κ1) is 12.4. The zero-order valence-electron chi connectivity index (χ0n) is 9.47. The fraction of sp³-hybridized carbons (Fsp3) is 0.286. The molecule has 2 atom stereocenters. The maximum Gasteiger partial charge on any atom is 0.0943 e. The zero-order valence-corrected chi connectivity index (χ0v) is 10.3. The number of aliphatic hydroxyl groups excluding tert-OH is 1. The molecular formula is C14H16ClNO. The number of aryl methyl sites for hydroxylation is 1. The molecule has 3 heteroatoms. The van der Waals surface area contributed by atoms with E-state index in [1.54, 1.807) is 0 Å². The van der Waals surface area contributed by atoms with Crippen molar-refractivity contribution in [2.24, 2.45) is 5.73 Å². The molecule has 2 unspecified atom stereocenters. The number of hydrogen-bond donors (Lipinski definition) is 2. The fourth-order valence-electron chi connectivity index (χ4n) is 2.61. The van der Waals surface area contributed by atoms with Crippen LogP contribution in [-0.4, -0.2) is 11.1 Å². The maximum atomic E-state index is 10.1. The highest BCUT2D eigenvalue weighted by Gasteiger charge is 2.25. The molecule has 90 valence electrons. The van der Waals surface area contributed by atoms with Crippen LogP contribution < -0.4 is 5.73 Å². The summed E-state index contributed by atoms with van der Waals surface area (Å²) in [7, 11) is 0. The topological polar surface area (TPSA) is 46.2 Å². The summed E-state index contributed by atoms with van der Waals surface area (Å²) >= 11 is 0. The van der Waals surface area contributed by atoms with Crippen LogP contribution in [0.15, 0.2) is 36.4 Å². The molecule has 0 aliphatic heterocycles. The highest BCUT2D eigenvalue weighted by molar-refractivity contribution is 5.87. The third-order valence-corrected chi connectivity index (χ3v) is 3.53. The highest BCUT2D eigenvalue weighted by Crippen LogP contribution is 2.33. The molecule has 1 aliphatic rings. The van der Waals surface area contributed by atoms with Crippen molar-refractivity contribution in [3.63, 3.8) is 0 Å². The third-order valence-electron chi connectivity index (χ3n) is 3.53. The van der Waals surface area contributed by atoms with E-state index in [2.05, 4.69) is 18.2 Å². The molecule has 0 amide bonds. The van der Waals surface area contributed by atoms with Crippen molar-refractivity contribution in [2.75, 3.05) is 0 Å². The Kier molecular flexibility index (Phi) is 3.38. The van der Waals surface area contributed by atoms with Crippen LogP contribution in [-0.2, 0) is 6.42 Å². The Bertz CT molecular complexity index is 541. The molecule has 3 N–H and O–H groups in total. The number of rotatable bonds is 0. The summed E-state index contributed by atoms with van der Waals surface area (Å²) in [5, 5.41) is 12.6. The number of aliphatic hydroxyl groups is 1. The SMILES string of the molecule is Cl.NC1CCc2c(ccc3ccccc23)C1O. The molecule has 3 rings (SSSR count). The maximum absolute atomic E-state index is 10.1. The predicted octanol–water partition coefficient (Wildman–Crippen LogP) is 2.57. The van der Waals surface area contributed by atoms with Gasteiger partial charge in [-0.2, -0.15) is 0 Å². The third kappa shape index (κ3) is 1.93. The van der Waals surface area contributed by atoms with Gasteiger partial charge in [0.2, 0.25) is 0 Å². The second-order valence-corrected chi connectivity index (χ2v) is 4.50. The normalized spacial score (nSPS) is 22.9. The number of hydrogen-bond acceptors (Lipinski definition) is 2. The molecule has 0 saturated heterocycles. The van der Waals surface area contributed by atoms with E-state index in [1.165, 1.54) is 16.3 Å². The van der Waals surface area contributed by atoms with E-state index in [9.17, 15) is 5.11 Å². The summed E-state index contributed by atoms with van der Waals surface area (Å²) in [5.41, 5.74) is 8.17. The Morgan fingerprint density at radius 2 is 1.88 bits per heavy atom. The summed E-state index contributed by atoms with van der Waals surface area (Å²) in [5.74, 6) is 0. The molecule has 2 aromatic carbocycles. The number of nitrogens with two attached hydrogens (primary N) is 1. The molecule has 17 heavy (non-hydrogen) atoms. The lowest BCUT2D eigenvalue weighted by Crippen LogP contribution is -2.33. The Labute approximate surface area is 107 Å². The minimum absolute atomic E-state index is 0. The molecule has 0 radical (unpaired) electrons. The monoisotopic (exact) mass is 249 g/mol. The van der Waals surface area contributed by atoms with Crippen LogP contribution in [0.25, 0.3) is 10.8 Å². The molecule has 1 aliphatic carbocycles. The first-order valence-electron chi connectivity index (χ1n) is 5.71. The van der Waals surface area contributed by atoms with Crippen LogP contribution in [0.2, 0.25) is 0 Å². The summed E-state index contributed by atoms with van der Waals surface area (Å²) in [6.07, 6.45) is 1.32. The second-order valence-electron chi connectivity index (χ2n) is 4.50. The summed E-state index contributed by atoms with van der Waals surface area (Å²) in [4.78, 5) is 0. The van der Waals surface area contributed by atoms with Gasteiger partial charge in [-0.3, -0.25) is 0 Å². The molecule has 0 fully saturated rings. The van der Waals surface area contributed by atoms with Gasteiger partial charge in [0.25, 0.3) is 0 Å². The predicted molar refractivity (Wildman–Crippen MR) is 72.5 cm³/mol. The number of fused-ring (bicyclic) bond motifs is 3. The van der Waals surface area contributed by atoms with Crippen molar-refractivity contribution < 1.29 is 5.11 Å². The molecule has 0 spiro atoms. The van der Waals surface area contributed by atoms with Gasteiger partial charge < -0.3 is 10.8 Å². The van der Waals surface area contributed by atoms with E-state index in [-0.39, 0.29) is 18.4 Å². The Balaban J connectivity index is 0.00000108. The van der Waals surface area contributed by atoms with Crippen molar-refractivity contribution in [3.8, 4) is 0 Å². The second kappa shape index (κ2) is 4.65. The highest BCUT2D eigenvalue weighted by atomic mass is 35.5. The van der Waals surface area contributed by atoms with Crippen LogP contribution in [0, 0.1) is 0 Å². The van der Waals surface area contributed by atoms with E-state index in [0.717, 1.165) is 18.4 Å². The van der Waals surface area contributed by atoms with Crippen LogP contribution in [0.1, 0.15) is 23.7 Å². The lowest BCUT2D eigenvalue weighted by atomic mass is 9.83. The van der Waals surface area contributed by atoms with Gasteiger partial charge in [0.15, 0.2) is 0 Å². The Morgan fingerprint density at radius 3 is 2.71 bits per heavy atom. The minimum atomic E-state index is -0.506. The minimum Gasteiger partial charge on any atom is -0.387 e. The van der Waals surface area contributed by atoms with Crippen LogP contribution in [0.4, 0.5) is 0 Å². The zero-order chi connectivity index (χ0) is 11.1. The molecule has 0 bridgehead atoms. The van der Waals surface area contributed by atoms with Gasteiger partial charge in [0, 0.05) is 6.04 Å². The van der Waals surface area contributed by atoms with Gasteiger partial charge in [0.1, 0.15) is 0 Å². The standard InChI is InChI=1S/C14H15NO.ClH/c15-13-8-7-11-10-4-2-1-3-9(10)5-6-12(11)14(13)16;/h1-6,13-14,16H,7-8,15H2;1H. The average Bonchev–Trinajstić information content (AvgIpc) is 2.33. The van der Waals surface area contributed by atoms with Gasteiger partial charge >= 0.3 is 0 Å². The molecular weight excluding hydrogens is 234 g/mol. The van der Waals surface area contributed by atoms with E-state index in [1.807, 2.05) is 18.2 Å². The summed E-state index contributed by atoms with van der Waals surface area (Å²) < 4.78 is 0. The molecule has 2 nitrogen and oxygen atoms in total. The lowest BCUT2D eigenvalue weighted by Gasteiger charge is -2.28. The quantitative estimate of drug-likeness (QED) is 0.754. The van der Waals surface area contributed by atoms with Gasteiger partial charge in [-0.25, -0.2) is 0 Å². The smallest absolute Gasteiger partial charge is 0.0943 e. The summed E-state index contributed by atoms with van der Waals surface area (Å²) in [6, 6.07) is 12.3. The van der Waals surface area contributed by atoms with E-state index in [4.69, 9.17) is 5.73 Å². The van der Waals surface area contributed by atoms with E-state index < -0.39 is 6.10 Å². The first-order chi connectivity index (χ1) is 7.77. The Hall–Kier alpha value is -1.09. The van der Waals surface area contributed by atoms with Crippen LogP contribution >= 0.6 is 12.4 Å². The van der Waals surface area contributed by atoms with Crippen LogP contribution in [0.5, 0.6) is 0 Å². The molecule has 0 saturated carbocycles. The molecule has 0 heterocycles. The first-order valence-corrected chi connectivity index (χ1v) is 5.71. The van der Waals surface area contributed by atoms with Gasteiger partial charge in [-0.15, -0.1) is 12.4 Å². The fourth-order valence-corrected chi connectivity index (χ4v) is 2.61. The average molecular weight is 250 g/mol. The van der Waals surface area contributed by atoms with Crippen LogP contribution in [0.3, 0.4) is 0 Å². The number of halogens is 1. The lowest BCUT2D eigenvalue weighted by molar-refractivity contribution is 0.134. The van der Waals surface area contributed by atoms with Gasteiger partial charge in [0.05, 0.1) is 6.10 Å². The summed E-state index contributed by atoms with van der Waals surface area (Å²) in [6.45, 7) is 0. The van der Waals surface area contributed by atoms with Crippen molar-refractivity contribution >= 4 is 23.2 Å². The van der Waals surface area contributed by atoms with E-state index in [0.29, 0.717) is 0 Å². The van der Waals surface area contributed by atoms with Crippen molar-refractivity contribution in [2.45, 2.75) is 25.0 Å². The van der Waals surface area contributed by atoms with Crippen molar-refractivity contribution in [3.05, 3.63) is 47.5 Å². The van der Waals surface area contributed by atoms with Gasteiger partial charge in [-0.05, 0) is 34.7 Å². The molecule has 2 aromatic rings.